The molecular formula is C14H20N2O2. The second-order valence-electron chi connectivity index (χ2n) is 4.92. The van der Waals surface area contributed by atoms with E-state index < -0.39 is 0 Å². The van der Waals surface area contributed by atoms with Crippen molar-refractivity contribution in [3.8, 4) is 5.88 Å². The Bertz CT molecular complexity index is 407. The van der Waals surface area contributed by atoms with Gasteiger partial charge in [0, 0.05) is 18.3 Å². The van der Waals surface area contributed by atoms with Gasteiger partial charge >= 0.3 is 0 Å². The predicted molar refractivity (Wildman–Crippen MR) is 69.4 cm³/mol. The van der Waals surface area contributed by atoms with Gasteiger partial charge in [-0.05, 0) is 39.2 Å². The van der Waals surface area contributed by atoms with Crippen molar-refractivity contribution < 1.29 is 9.53 Å². The second kappa shape index (κ2) is 5.85. The van der Waals surface area contributed by atoms with Crippen LogP contribution in [0.15, 0.2) is 18.3 Å². The summed E-state index contributed by atoms with van der Waals surface area (Å²) in [6.45, 7) is 4.79. The van der Waals surface area contributed by atoms with E-state index in [1.807, 2.05) is 30.9 Å². The van der Waals surface area contributed by atoms with Crippen LogP contribution in [0, 0.1) is 0 Å². The molecule has 0 aromatic carbocycles. The lowest BCUT2D eigenvalue weighted by atomic mass is 9.96. The van der Waals surface area contributed by atoms with Gasteiger partial charge in [0.1, 0.15) is 0 Å². The number of nitrogens with zero attached hydrogens (tertiary/aromatic N) is 2. The molecule has 1 atom stereocenters. The number of rotatable bonds is 4. The number of likely N-dealkylation sites (tertiary alicyclic amines) is 1. The van der Waals surface area contributed by atoms with Crippen LogP contribution in [0.5, 0.6) is 5.88 Å². The van der Waals surface area contributed by atoms with E-state index in [0.717, 1.165) is 37.8 Å². The summed E-state index contributed by atoms with van der Waals surface area (Å²) >= 11 is 0. The van der Waals surface area contributed by atoms with E-state index in [-0.39, 0.29) is 12.1 Å². The molecule has 1 aliphatic rings. The highest BCUT2D eigenvalue weighted by Gasteiger charge is 2.26. The van der Waals surface area contributed by atoms with Gasteiger partial charge in [0.25, 0.3) is 0 Å². The number of piperidine rings is 1. The molecular weight excluding hydrogens is 228 g/mol. The van der Waals surface area contributed by atoms with Gasteiger partial charge in [0.2, 0.25) is 12.3 Å². The smallest absolute Gasteiger partial charge is 0.218 e. The fraction of sp³-hybridized carbons (Fsp3) is 0.571. The third kappa shape index (κ3) is 2.81. The Morgan fingerprint density at radius 1 is 1.50 bits per heavy atom. The van der Waals surface area contributed by atoms with Crippen molar-refractivity contribution >= 4 is 6.41 Å². The van der Waals surface area contributed by atoms with Crippen LogP contribution in [0.3, 0.4) is 0 Å². The van der Waals surface area contributed by atoms with Crippen molar-refractivity contribution in [2.45, 2.75) is 45.3 Å². The van der Waals surface area contributed by atoms with Crippen LogP contribution < -0.4 is 4.74 Å². The number of hydrogen-bond donors (Lipinski definition) is 0. The summed E-state index contributed by atoms with van der Waals surface area (Å²) in [5.41, 5.74) is 1.03. The highest BCUT2D eigenvalue weighted by Crippen LogP contribution is 2.34. The fourth-order valence-electron chi connectivity index (χ4n) is 2.39. The maximum Gasteiger partial charge on any atom is 0.218 e. The lowest BCUT2D eigenvalue weighted by Gasteiger charge is -2.33. The summed E-state index contributed by atoms with van der Waals surface area (Å²) in [6.07, 6.45) is 5.97. The van der Waals surface area contributed by atoms with Crippen LogP contribution in [0.2, 0.25) is 0 Å². The third-order valence-electron chi connectivity index (χ3n) is 3.19. The number of hydrogen-bond acceptors (Lipinski definition) is 3. The Morgan fingerprint density at radius 3 is 3.06 bits per heavy atom. The molecule has 0 radical (unpaired) electrons. The van der Waals surface area contributed by atoms with Gasteiger partial charge in [-0.15, -0.1) is 0 Å². The molecule has 0 saturated carbocycles. The topological polar surface area (TPSA) is 42.4 Å². The zero-order valence-electron chi connectivity index (χ0n) is 11.0. The van der Waals surface area contributed by atoms with E-state index in [4.69, 9.17) is 4.74 Å². The quantitative estimate of drug-likeness (QED) is 0.769. The maximum atomic E-state index is 11.1. The first-order valence-electron chi connectivity index (χ1n) is 6.55. The third-order valence-corrected chi connectivity index (χ3v) is 3.19. The second-order valence-corrected chi connectivity index (χ2v) is 4.92. The van der Waals surface area contributed by atoms with Crippen LogP contribution in [0.4, 0.5) is 0 Å². The molecule has 1 aliphatic heterocycles. The molecule has 4 nitrogen and oxygen atoms in total. The highest BCUT2D eigenvalue weighted by molar-refractivity contribution is 5.50. The molecule has 1 fully saturated rings. The van der Waals surface area contributed by atoms with E-state index in [0.29, 0.717) is 5.88 Å². The lowest BCUT2D eigenvalue weighted by molar-refractivity contribution is -0.121. The summed E-state index contributed by atoms with van der Waals surface area (Å²) in [7, 11) is 0. The van der Waals surface area contributed by atoms with Crippen molar-refractivity contribution in [2.24, 2.45) is 0 Å². The Hall–Kier alpha value is -1.58. The number of aromatic nitrogens is 1. The Labute approximate surface area is 108 Å². The minimum Gasteiger partial charge on any atom is -0.475 e. The SMILES string of the molecule is CC(C)Oc1ncccc1[C@@H]1CCCCN1C=O. The molecule has 0 spiro atoms. The Kier molecular flexibility index (Phi) is 4.18. The zero-order valence-corrected chi connectivity index (χ0v) is 11.0. The molecule has 2 rings (SSSR count). The van der Waals surface area contributed by atoms with Crippen LogP contribution in [-0.4, -0.2) is 28.9 Å². The van der Waals surface area contributed by atoms with E-state index in [1.165, 1.54) is 0 Å². The van der Waals surface area contributed by atoms with Crippen molar-refractivity contribution in [1.82, 2.24) is 9.88 Å². The number of carbonyl (C=O) groups is 1. The molecule has 98 valence electrons. The molecule has 2 heterocycles. The van der Waals surface area contributed by atoms with Crippen molar-refractivity contribution in [3.05, 3.63) is 23.9 Å². The predicted octanol–water partition coefficient (Wildman–Crippen LogP) is 2.55. The minimum absolute atomic E-state index is 0.0897. The normalized spacial score (nSPS) is 19.9. The molecule has 4 heteroatoms. The van der Waals surface area contributed by atoms with Crippen molar-refractivity contribution in [3.63, 3.8) is 0 Å². The van der Waals surface area contributed by atoms with Crippen LogP contribution in [0.1, 0.15) is 44.7 Å². The molecule has 1 aromatic heterocycles. The molecule has 18 heavy (non-hydrogen) atoms. The monoisotopic (exact) mass is 248 g/mol. The number of ether oxygens (including phenoxy) is 1. The van der Waals surface area contributed by atoms with Gasteiger partial charge in [-0.2, -0.15) is 0 Å². The van der Waals surface area contributed by atoms with E-state index >= 15 is 0 Å². The summed E-state index contributed by atoms with van der Waals surface area (Å²) in [6, 6.07) is 4.02. The van der Waals surface area contributed by atoms with Gasteiger partial charge in [-0.3, -0.25) is 4.79 Å². The largest absolute Gasteiger partial charge is 0.475 e. The van der Waals surface area contributed by atoms with Crippen LogP contribution in [0.25, 0.3) is 0 Å². The number of amides is 1. The first-order valence-corrected chi connectivity index (χ1v) is 6.55. The molecule has 1 saturated heterocycles. The van der Waals surface area contributed by atoms with Gasteiger partial charge < -0.3 is 9.64 Å². The fourth-order valence-corrected chi connectivity index (χ4v) is 2.39. The Balaban J connectivity index is 2.27. The average Bonchev–Trinajstić information content (AvgIpc) is 2.39. The number of pyridine rings is 1. The average molecular weight is 248 g/mol. The lowest BCUT2D eigenvalue weighted by Crippen LogP contribution is -2.32. The highest BCUT2D eigenvalue weighted by atomic mass is 16.5. The number of carbonyl (C=O) groups excluding carboxylic acids is 1. The van der Waals surface area contributed by atoms with Gasteiger partial charge in [0.05, 0.1) is 12.1 Å². The van der Waals surface area contributed by atoms with E-state index in [1.54, 1.807) is 6.20 Å². The molecule has 1 aromatic rings. The molecule has 0 unspecified atom stereocenters. The van der Waals surface area contributed by atoms with Crippen molar-refractivity contribution in [2.75, 3.05) is 6.54 Å². The van der Waals surface area contributed by atoms with Crippen molar-refractivity contribution in [1.29, 1.82) is 0 Å². The Morgan fingerprint density at radius 2 is 2.33 bits per heavy atom. The summed E-state index contributed by atoms with van der Waals surface area (Å²) < 4.78 is 5.74. The van der Waals surface area contributed by atoms with E-state index in [9.17, 15) is 4.79 Å². The first kappa shape index (κ1) is 12.9. The minimum atomic E-state index is 0.0897. The molecule has 1 amide bonds. The molecule has 0 bridgehead atoms. The standard InChI is InChI=1S/C14H20N2O2/c1-11(2)18-14-12(6-5-8-15-14)13-7-3-4-9-16(13)10-17/h5-6,8,10-11,13H,3-4,7,9H2,1-2H3/t13-/m0/s1. The maximum absolute atomic E-state index is 11.1. The van der Waals surface area contributed by atoms with Crippen LogP contribution >= 0.6 is 0 Å². The summed E-state index contributed by atoms with van der Waals surface area (Å²) in [5, 5.41) is 0. The van der Waals surface area contributed by atoms with Gasteiger partial charge in [0.15, 0.2) is 0 Å². The van der Waals surface area contributed by atoms with Gasteiger partial charge in [-0.1, -0.05) is 6.07 Å². The van der Waals surface area contributed by atoms with E-state index in [2.05, 4.69) is 4.98 Å². The van der Waals surface area contributed by atoms with Crippen LogP contribution in [-0.2, 0) is 4.79 Å². The summed E-state index contributed by atoms with van der Waals surface area (Å²) in [5.74, 6) is 0.659. The summed E-state index contributed by atoms with van der Waals surface area (Å²) in [4.78, 5) is 17.3. The first-order chi connectivity index (χ1) is 8.72. The molecule has 0 N–H and O–H groups in total. The zero-order chi connectivity index (χ0) is 13.0. The molecule has 0 aliphatic carbocycles. The van der Waals surface area contributed by atoms with Gasteiger partial charge in [-0.25, -0.2) is 4.98 Å².